The van der Waals surface area contributed by atoms with E-state index in [0.717, 1.165) is 31.2 Å². The number of amides is 2. The lowest BCUT2D eigenvalue weighted by atomic mass is 10.0. The SMILES string of the molecule is COc1ccc([C@@H](C(=O)NC2CCCC2)N(Cc2ccccc2Cl)C(=O)CCl)cc1. The molecule has 1 aliphatic rings. The summed E-state index contributed by atoms with van der Waals surface area (Å²) in [7, 11) is 1.58. The Morgan fingerprint density at radius 3 is 2.40 bits per heavy atom. The van der Waals surface area contributed by atoms with Gasteiger partial charge in [0, 0.05) is 17.6 Å². The van der Waals surface area contributed by atoms with Gasteiger partial charge >= 0.3 is 0 Å². The molecule has 7 heteroatoms. The molecular weight excluding hydrogens is 423 g/mol. The Kier molecular flexibility index (Phi) is 8.00. The van der Waals surface area contributed by atoms with Crippen LogP contribution in [0.1, 0.15) is 42.9 Å². The number of carbonyl (C=O) groups excluding carboxylic acids is 2. The van der Waals surface area contributed by atoms with E-state index in [9.17, 15) is 9.59 Å². The minimum atomic E-state index is -0.820. The quantitative estimate of drug-likeness (QED) is 0.594. The van der Waals surface area contributed by atoms with Crippen molar-refractivity contribution in [2.24, 2.45) is 0 Å². The number of nitrogens with one attached hydrogen (secondary N) is 1. The van der Waals surface area contributed by atoms with Crippen molar-refractivity contribution in [3.63, 3.8) is 0 Å². The maximum absolute atomic E-state index is 13.4. The lowest BCUT2D eigenvalue weighted by molar-refractivity contribution is -0.140. The van der Waals surface area contributed by atoms with Gasteiger partial charge in [0.15, 0.2) is 0 Å². The lowest BCUT2D eigenvalue weighted by Gasteiger charge is -2.32. The van der Waals surface area contributed by atoms with E-state index in [0.29, 0.717) is 16.3 Å². The standard InChI is InChI=1S/C23H26Cl2N2O3/c1-30-19-12-10-16(11-13-19)22(23(29)26-18-7-3-4-8-18)27(21(28)14-24)15-17-6-2-5-9-20(17)25/h2,5-6,9-13,18,22H,3-4,7-8,14-15H2,1H3,(H,26,29)/t22-/m0/s1. The maximum Gasteiger partial charge on any atom is 0.247 e. The number of ether oxygens (including phenoxy) is 1. The molecular formula is C23H26Cl2N2O3. The van der Waals surface area contributed by atoms with Crippen molar-refractivity contribution in [2.45, 2.75) is 44.3 Å². The minimum Gasteiger partial charge on any atom is -0.497 e. The van der Waals surface area contributed by atoms with Crippen molar-refractivity contribution in [2.75, 3.05) is 13.0 Å². The maximum atomic E-state index is 13.4. The Bertz CT molecular complexity index is 867. The van der Waals surface area contributed by atoms with E-state index in [1.54, 1.807) is 37.4 Å². The summed E-state index contributed by atoms with van der Waals surface area (Å²) in [6.45, 7) is 0.181. The topological polar surface area (TPSA) is 58.6 Å². The van der Waals surface area contributed by atoms with Crippen molar-refractivity contribution in [3.8, 4) is 5.75 Å². The Hall–Kier alpha value is -2.24. The molecule has 2 aromatic carbocycles. The minimum absolute atomic E-state index is 0.131. The molecule has 0 aromatic heterocycles. The van der Waals surface area contributed by atoms with E-state index in [1.165, 1.54) is 4.90 Å². The molecule has 2 amide bonds. The average Bonchev–Trinajstić information content (AvgIpc) is 3.27. The van der Waals surface area contributed by atoms with Crippen LogP contribution < -0.4 is 10.1 Å². The van der Waals surface area contributed by atoms with Crippen LogP contribution in [0.3, 0.4) is 0 Å². The second-order valence-corrected chi connectivity index (χ2v) is 8.09. The molecule has 0 radical (unpaired) electrons. The monoisotopic (exact) mass is 448 g/mol. The van der Waals surface area contributed by atoms with Crippen LogP contribution in [-0.4, -0.2) is 35.7 Å². The highest BCUT2D eigenvalue weighted by Gasteiger charge is 2.33. The Balaban J connectivity index is 1.97. The first-order valence-electron chi connectivity index (χ1n) is 10.1. The third-order valence-corrected chi connectivity index (χ3v) is 6.02. The summed E-state index contributed by atoms with van der Waals surface area (Å²) >= 11 is 12.3. The van der Waals surface area contributed by atoms with E-state index in [2.05, 4.69) is 5.32 Å². The summed E-state index contributed by atoms with van der Waals surface area (Å²) in [6.07, 6.45) is 4.11. The van der Waals surface area contributed by atoms with Gasteiger partial charge in [-0.05, 0) is 42.2 Å². The van der Waals surface area contributed by atoms with E-state index in [-0.39, 0.29) is 30.3 Å². The zero-order valence-electron chi connectivity index (χ0n) is 16.9. The zero-order chi connectivity index (χ0) is 21.5. The average molecular weight is 449 g/mol. The molecule has 160 valence electrons. The number of halogens is 2. The molecule has 3 rings (SSSR count). The van der Waals surface area contributed by atoms with Crippen LogP contribution in [-0.2, 0) is 16.1 Å². The van der Waals surface area contributed by atoms with Crippen LogP contribution in [0.15, 0.2) is 48.5 Å². The summed E-state index contributed by atoms with van der Waals surface area (Å²) in [5.41, 5.74) is 1.45. The fraction of sp³-hybridized carbons (Fsp3) is 0.391. The number of alkyl halides is 1. The second kappa shape index (κ2) is 10.7. The molecule has 0 aliphatic heterocycles. The molecule has 1 aliphatic carbocycles. The van der Waals surface area contributed by atoms with Gasteiger partial charge in [-0.25, -0.2) is 0 Å². The van der Waals surface area contributed by atoms with Crippen LogP contribution in [0.4, 0.5) is 0 Å². The van der Waals surface area contributed by atoms with Crippen molar-refractivity contribution in [1.29, 1.82) is 0 Å². The van der Waals surface area contributed by atoms with E-state index in [1.807, 2.05) is 18.2 Å². The third kappa shape index (κ3) is 5.46. The molecule has 0 heterocycles. The molecule has 1 N–H and O–H groups in total. The molecule has 0 saturated heterocycles. The first-order chi connectivity index (χ1) is 14.5. The van der Waals surface area contributed by atoms with Gasteiger partial charge in [0.2, 0.25) is 11.8 Å². The van der Waals surface area contributed by atoms with Gasteiger partial charge in [0.1, 0.15) is 17.7 Å². The number of benzene rings is 2. The van der Waals surface area contributed by atoms with Crippen LogP contribution in [0.25, 0.3) is 0 Å². The molecule has 1 saturated carbocycles. The molecule has 0 spiro atoms. The van der Waals surface area contributed by atoms with E-state index in [4.69, 9.17) is 27.9 Å². The summed E-state index contributed by atoms with van der Waals surface area (Å²) in [5, 5.41) is 3.66. The van der Waals surface area contributed by atoms with E-state index < -0.39 is 6.04 Å². The molecule has 1 fully saturated rings. The normalized spacial score (nSPS) is 14.9. The van der Waals surface area contributed by atoms with Crippen LogP contribution in [0.5, 0.6) is 5.75 Å². The number of nitrogens with zero attached hydrogens (tertiary/aromatic N) is 1. The number of rotatable bonds is 8. The Labute approximate surface area is 187 Å². The summed E-state index contributed by atoms with van der Waals surface area (Å²) < 4.78 is 5.24. The second-order valence-electron chi connectivity index (χ2n) is 7.41. The van der Waals surface area contributed by atoms with E-state index >= 15 is 0 Å². The molecule has 1 atom stereocenters. The third-order valence-electron chi connectivity index (χ3n) is 5.43. The highest BCUT2D eigenvalue weighted by atomic mass is 35.5. The number of methoxy groups -OCH3 is 1. The Morgan fingerprint density at radius 2 is 1.80 bits per heavy atom. The fourth-order valence-electron chi connectivity index (χ4n) is 3.82. The van der Waals surface area contributed by atoms with Crippen LogP contribution >= 0.6 is 23.2 Å². The summed E-state index contributed by atoms with van der Waals surface area (Å²) in [6, 6.07) is 13.8. The lowest BCUT2D eigenvalue weighted by Crippen LogP contribution is -2.46. The van der Waals surface area contributed by atoms with Crippen LogP contribution in [0.2, 0.25) is 5.02 Å². The predicted molar refractivity (Wildman–Crippen MR) is 119 cm³/mol. The highest BCUT2D eigenvalue weighted by molar-refractivity contribution is 6.31. The highest BCUT2D eigenvalue weighted by Crippen LogP contribution is 2.29. The van der Waals surface area contributed by atoms with Gasteiger partial charge in [-0.3, -0.25) is 9.59 Å². The summed E-state index contributed by atoms with van der Waals surface area (Å²) in [5.74, 6) is -0.0973. The van der Waals surface area contributed by atoms with Gasteiger partial charge in [0.05, 0.1) is 7.11 Å². The molecule has 0 unspecified atom stereocenters. The molecule has 5 nitrogen and oxygen atoms in total. The van der Waals surface area contributed by atoms with Gasteiger partial charge in [-0.1, -0.05) is 54.8 Å². The van der Waals surface area contributed by atoms with Crippen LogP contribution in [0, 0.1) is 0 Å². The largest absolute Gasteiger partial charge is 0.497 e. The summed E-state index contributed by atoms with van der Waals surface area (Å²) in [4.78, 5) is 27.7. The Morgan fingerprint density at radius 1 is 1.13 bits per heavy atom. The smallest absolute Gasteiger partial charge is 0.247 e. The van der Waals surface area contributed by atoms with Gasteiger partial charge in [0.25, 0.3) is 0 Å². The van der Waals surface area contributed by atoms with Crippen molar-refractivity contribution in [3.05, 3.63) is 64.7 Å². The van der Waals surface area contributed by atoms with Gasteiger partial charge in [-0.2, -0.15) is 0 Å². The van der Waals surface area contributed by atoms with Crippen molar-refractivity contribution < 1.29 is 14.3 Å². The number of hydrogen-bond acceptors (Lipinski definition) is 3. The molecule has 30 heavy (non-hydrogen) atoms. The first-order valence-corrected chi connectivity index (χ1v) is 11.0. The van der Waals surface area contributed by atoms with Crippen molar-refractivity contribution >= 4 is 35.0 Å². The number of carbonyl (C=O) groups is 2. The van der Waals surface area contributed by atoms with Gasteiger partial charge < -0.3 is 15.0 Å². The predicted octanol–water partition coefficient (Wildman–Crippen LogP) is 4.72. The zero-order valence-corrected chi connectivity index (χ0v) is 18.5. The first kappa shape index (κ1) is 22.4. The van der Waals surface area contributed by atoms with Crippen molar-refractivity contribution in [1.82, 2.24) is 10.2 Å². The molecule has 0 bridgehead atoms. The molecule has 2 aromatic rings. The van der Waals surface area contributed by atoms with Gasteiger partial charge in [-0.15, -0.1) is 11.6 Å². The fourth-order valence-corrected chi connectivity index (χ4v) is 4.17. The number of hydrogen-bond donors (Lipinski definition) is 1.